The van der Waals surface area contributed by atoms with E-state index in [4.69, 9.17) is 10.8 Å². The van der Waals surface area contributed by atoms with Crippen LogP contribution in [0.25, 0.3) is 0 Å². The zero-order valence-electron chi connectivity index (χ0n) is 25.3. The molecule has 0 spiro atoms. The topological polar surface area (TPSA) is 188 Å². The molecule has 244 valence electrons. The Balaban J connectivity index is 1.67. The first-order chi connectivity index (χ1) is 21.8. The van der Waals surface area contributed by atoms with Gasteiger partial charge in [0, 0.05) is 23.5 Å². The van der Waals surface area contributed by atoms with E-state index in [0.29, 0.717) is 11.3 Å². The lowest BCUT2D eigenvalue weighted by Gasteiger charge is -2.32. The van der Waals surface area contributed by atoms with Crippen LogP contribution in [0.15, 0.2) is 77.7 Å². The van der Waals surface area contributed by atoms with Crippen LogP contribution >= 0.6 is 0 Å². The van der Waals surface area contributed by atoms with E-state index in [2.05, 4.69) is 16.0 Å². The number of carboxylic acids is 1. The van der Waals surface area contributed by atoms with Crippen molar-refractivity contribution < 1.29 is 37.1 Å². The van der Waals surface area contributed by atoms with E-state index in [1.54, 1.807) is 12.1 Å². The first-order valence-corrected chi connectivity index (χ1v) is 16.1. The maximum absolute atomic E-state index is 15.4. The van der Waals surface area contributed by atoms with Gasteiger partial charge in [-0.3, -0.25) is 14.4 Å². The number of likely N-dealkylation sites (tertiary alicyclic amines) is 1. The molecule has 3 aromatic rings. The molecule has 12 nitrogen and oxygen atoms in total. The van der Waals surface area contributed by atoms with Crippen molar-refractivity contribution in [1.82, 2.24) is 15.5 Å². The summed E-state index contributed by atoms with van der Waals surface area (Å²) in [5.74, 6) is -3.20. The minimum absolute atomic E-state index is 0.0468. The second-order valence-electron chi connectivity index (χ2n) is 11.4. The van der Waals surface area contributed by atoms with E-state index in [-0.39, 0.29) is 41.5 Å². The first-order valence-electron chi connectivity index (χ1n) is 14.6. The monoisotopic (exact) mass is 653 g/mol. The molecule has 1 aliphatic rings. The van der Waals surface area contributed by atoms with Crippen molar-refractivity contribution in [1.29, 1.82) is 0 Å². The second-order valence-corrected chi connectivity index (χ2v) is 13.6. The molecule has 0 aliphatic carbocycles. The summed E-state index contributed by atoms with van der Waals surface area (Å²) < 4.78 is 43.5. The Hall–Kier alpha value is -4.98. The minimum Gasteiger partial charge on any atom is -0.481 e. The fourth-order valence-electron chi connectivity index (χ4n) is 5.37. The number of benzene rings is 3. The number of carboxylic acid groups (broad SMARTS) is 1. The van der Waals surface area contributed by atoms with E-state index >= 15 is 4.39 Å². The van der Waals surface area contributed by atoms with Crippen LogP contribution in [0.2, 0.25) is 0 Å². The van der Waals surface area contributed by atoms with Crippen molar-refractivity contribution in [2.45, 2.75) is 48.9 Å². The van der Waals surface area contributed by atoms with Crippen molar-refractivity contribution in [3.05, 3.63) is 89.7 Å². The summed E-state index contributed by atoms with van der Waals surface area (Å²) >= 11 is 0. The summed E-state index contributed by atoms with van der Waals surface area (Å²) in [4.78, 5) is 52.1. The fraction of sp³-hybridized carbons (Fsp3) is 0.312. The molecule has 3 aromatic carbocycles. The molecule has 6 N–H and O–H groups in total. The van der Waals surface area contributed by atoms with E-state index < -0.39 is 63.3 Å². The number of urea groups is 1. The number of rotatable bonds is 11. The minimum atomic E-state index is -4.26. The van der Waals surface area contributed by atoms with Gasteiger partial charge in [-0.2, -0.15) is 0 Å². The van der Waals surface area contributed by atoms with E-state index in [9.17, 15) is 27.6 Å². The highest BCUT2D eigenvalue weighted by molar-refractivity contribution is 7.92. The summed E-state index contributed by atoms with van der Waals surface area (Å²) in [6, 6.07) is 13.5. The molecule has 0 aromatic heterocycles. The molecule has 0 radical (unpaired) electrons. The van der Waals surface area contributed by atoms with Crippen LogP contribution < -0.4 is 21.7 Å². The van der Waals surface area contributed by atoms with Crippen LogP contribution in [0.1, 0.15) is 37.4 Å². The second kappa shape index (κ2) is 14.4. The zero-order chi connectivity index (χ0) is 33.6. The highest BCUT2D eigenvalue weighted by Crippen LogP contribution is 2.43. The van der Waals surface area contributed by atoms with Gasteiger partial charge >= 0.3 is 12.0 Å². The molecule has 14 heteroatoms. The number of halogens is 1. The van der Waals surface area contributed by atoms with Gasteiger partial charge in [-0.1, -0.05) is 44.2 Å². The number of nitrogen functional groups attached to an aromatic ring is 1. The highest BCUT2D eigenvalue weighted by atomic mass is 32.2. The van der Waals surface area contributed by atoms with Crippen molar-refractivity contribution >= 4 is 45.0 Å². The SMILES string of the molecule is CC(C)CNC(=O)C1CC(S(=O)(=O)c2ccc(N)cc2)C(c2ccccc2F)N1C(=O)CNC(=O)Nc1cccc(CC(=O)O)c1. The summed E-state index contributed by atoms with van der Waals surface area (Å²) in [5.41, 5.74) is 6.71. The normalized spacial score (nSPS) is 17.8. The van der Waals surface area contributed by atoms with E-state index in [1.165, 1.54) is 54.6 Å². The predicted molar refractivity (Wildman–Crippen MR) is 169 cm³/mol. The lowest BCUT2D eigenvalue weighted by atomic mass is 10.0. The third kappa shape index (κ3) is 7.99. The van der Waals surface area contributed by atoms with Gasteiger partial charge in [0.1, 0.15) is 11.9 Å². The molecule has 0 saturated carbocycles. The molecule has 1 heterocycles. The van der Waals surface area contributed by atoms with Crippen molar-refractivity contribution in [2.75, 3.05) is 24.1 Å². The third-order valence-electron chi connectivity index (χ3n) is 7.49. The Labute approximate surface area is 266 Å². The number of carbonyl (C=O) groups is 4. The number of aliphatic carboxylic acids is 1. The summed E-state index contributed by atoms with van der Waals surface area (Å²) in [7, 11) is -4.26. The van der Waals surface area contributed by atoms with Gasteiger partial charge < -0.3 is 31.7 Å². The average Bonchev–Trinajstić information content (AvgIpc) is 3.40. The number of carbonyl (C=O) groups excluding carboxylic acids is 3. The Bertz CT molecular complexity index is 1720. The Morgan fingerprint density at radius 2 is 1.70 bits per heavy atom. The van der Waals surface area contributed by atoms with Crippen LogP contribution in [0, 0.1) is 11.7 Å². The molecule has 1 fully saturated rings. The molecule has 0 bridgehead atoms. The van der Waals surface area contributed by atoms with Crippen LogP contribution in [0.5, 0.6) is 0 Å². The van der Waals surface area contributed by atoms with Gasteiger partial charge in [-0.15, -0.1) is 0 Å². The number of anilines is 2. The van der Waals surface area contributed by atoms with Crippen LogP contribution in [0.4, 0.5) is 20.6 Å². The Morgan fingerprint density at radius 3 is 2.35 bits per heavy atom. The highest BCUT2D eigenvalue weighted by Gasteiger charge is 2.53. The molecular formula is C32H36FN5O7S. The standard InChI is InChI=1S/C32H36FN5O7S/c1-19(2)17-35-31(42)26-16-27(46(44,45)23-12-10-21(34)11-13-23)30(24-8-3-4-9-25(24)33)38(26)28(39)18-36-32(43)37-22-7-5-6-20(14-22)15-29(40)41/h3-14,19,26-27,30H,15-18,34H2,1-2H3,(H,35,42)(H,40,41)(H2,36,37,43). The number of hydrogen-bond donors (Lipinski definition) is 5. The maximum Gasteiger partial charge on any atom is 0.319 e. The molecule has 4 rings (SSSR count). The van der Waals surface area contributed by atoms with Crippen molar-refractivity contribution in [3.63, 3.8) is 0 Å². The van der Waals surface area contributed by atoms with Crippen molar-refractivity contribution in [3.8, 4) is 0 Å². The number of sulfone groups is 1. The Kier molecular flexibility index (Phi) is 10.6. The number of nitrogens with zero attached hydrogens (tertiary/aromatic N) is 1. The lowest BCUT2D eigenvalue weighted by Crippen LogP contribution is -2.50. The predicted octanol–water partition coefficient (Wildman–Crippen LogP) is 3.11. The third-order valence-corrected chi connectivity index (χ3v) is 9.67. The number of amides is 4. The first kappa shape index (κ1) is 33.9. The molecule has 1 aliphatic heterocycles. The lowest BCUT2D eigenvalue weighted by molar-refractivity contribution is -0.139. The quantitative estimate of drug-likeness (QED) is 0.195. The van der Waals surface area contributed by atoms with E-state index in [1.807, 2.05) is 13.8 Å². The van der Waals surface area contributed by atoms with Gasteiger partial charge in [0.15, 0.2) is 9.84 Å². The summed E-state index contributed by atoms with van der Waals surface area (Å²) in [6.07, 6.45) is -0.591. The maximum atomic E-state index is 15.4. The largest absolute Gasteiger partial charge is 0.481 e. The molecule has 46 heavy (non-hydrogen) atoms. The average molecular weight is 654 g/mol. The number of hydrogen-bond acceptors (Lipinski definition) is 7. The summed E-state index contributed by atoms with van der Waals surface area (Å²) in [5, 5.41) is 15.3. The van der Waals surface area contributed by atoms with Crippen LogP contribution in [-0.4, -0.2) is 66.6 Å². The zero-order valence-corrected chi connectivity index (χ0v) is 26.1. The van der Waals surface area contributed by atoms with E-state index in [0.717, 1.165) is 11.0 Å². The van der Waals surface area contributed by atoms with Gasteiger partial charge in [0.05, 0.1) is 29.2 Å². The molecule has 1 saturated heterocycles. The molecular weight excluding hydrogens is 617 g/mol. The smallest absolute Gasteiger partial charge is 0.319 e. The van der Waals surface area contributed by atoms with Crippen molar-refractivity contribution in [2.24, 2.45) is 5.92 Å². The van der Waals surface area contributed by atoms with Gasteiger partial charge in [-0.25, -0.2) is 17.6 Å². The number of nitrogens with two attached hydrogens (primary N) is 1. The van der Waals surface area contributed by atoms with Crippen LogP contribution in [-0.2, 0) is 30.6 Å². The molecule has 3 atom stereocenters. The number of nitrogens with one attached hydrogen (secondary N) is 3. The van der Waals surface area contributed by atoms with Gasteiger partial charge in [0.2, 0.25) is 11.8 Å². The molecule has 4 amide bonds. The van der Waals surface area contributed by atoms with Gasteiger partial charge in [0.25, 0.3) is 0 Å². The molecule has 3 unspecified atom stereocenters. The summed E-state index contributed by atoms with van der Waals surface area (Å²) in [6.45, 7) is 3.33. The Morgan fingerprint density at radius 1 is 1.00 bits per heavy atom. The van der Waals surface area contributed by atoms with Crippen LogP contribution in [0.3, 0.4) is 0 Å². The fourth-order valence-corrected chi connectivity index (χ4v) is 7.29. The van der Waals surface area contributed by atoms with Gasteiger partial charge in [-0.05, 0) is 60.4 Å².